The number of carbonyl (C=O) groups excluding carboxylic acids is 3. The second-order valence-corrected chi connectivity index (χ2v) is 5.70. The molecule has 1 aromatic rings. The maximum absolute atomic E-state index is 13.8. The highest BCUT2D eigenvalue weighted by Crippen LogP contribution is 2.29. The van der Waals surface area contributed by atoms with E-state index in [9.17, 15) is 18.8 Å². The van der Waals surface area contributed by atoms with Gasteiger partial charge in [0, 0.05) is 23.9 Å². The number of fused-ring (bicyclic) bond motifs is 1. The summed E-state index contributed by atoms with van der Waals surface area (Å²) in [5.74, 6) is -1.45. The van der Waals surface area contributed by atoms with Crippen LogP contribution in [0.1, 0.15) is 34.3 Å². The summed E-state index contributed by atoms with van der Waals surface area (Å²) in [5.41, 5.74) is 1.41. The zero-order valence-electron chi connectivity index (χ0n) is 11.0. The number of hydrogen-bond acceptors (Lipinski definition) is 3. The van der Waals surface area contributed by atoms with Crippen LogP contribution in [-0.4, -0.2) is 28.7 Å². The topological polar surface area (TPSA) is 66.5 Å². The van der Waals surface area contributed by atoms with E-state index in [-0.39, 0.29) is 30.6 Å². The van der Waals surface area contributed by atoms with Crippen LogP contribution in [0.3, 0.4) is 0 Å². The number of hydrogen-bond donors (Lipinski definition) is 1. The van der Waals surface area contributed by atoms with Gasteiger partial charge in [0.2, 0.25) is 11.8 Å². The lowest BCUT2D eigenvalue weighted by Gasteiger charge is -2.29. The number of amides is 3. The third-order valence-electron chi connectivity index (χ3n) is 3.83. The third-order valence-corrected chi connectivity index (χ3v) is 4.44. The summed E-state index contributed by atoms with van der Waals surface area (Å²) in [4.78, 5) is 36.9. The van der Waals surface area contributed by atoms with Crippen molar-refractivity contribution in [1.29, 1.82) is 0 Å². The molecule has 1 saturated heterocycles. The molecule has 110 valence electrons. The molecule has 21 heavy (non-hydrogen) atoms. The molecule has 1 N–H and O–H groups in total. The van der Waals surface area contributed by atoms with Gasteiger partial charge in [0.05, 0.1) is 0 Å². The molecule has 7 heteroatoms. The van der Waals surface area contributed by atoms with Crippen LogP contribution in [0.4, 0.5) is 4.39 Å². The Bertz CT molecular complexity index is 662. The Morgan fingerprint density at radius 3 is 2.76 bits per heavy atom. The first-order valence-corrected chi connectivity index (χ1v) is 7.65. The average Bonchev–Trinajstić information content (AvgIpc) is 2.74. The van der Waals surface area contributed by atoms with Crippen molar-refractivity contribution in [2.45, 2.75) is 30.8 Å². The van der Waals surface area contributed by atoms with Crippen LogP contribution in [-0.2, 0) is 21.5 Å². The molecule has 2 aliphatic rings. The molecular formula is C14H12BrFN2O3. The van der Waals surface area contributed by atoms with Crippen molar-refractivity contribution in [2.75, 3.05) is 0 Å². The highest BCUT2D eigenvalue weighted by Gasteiger charge is 2.39. The van der Waals surface area contributed by atoms with E-state index in [1.165, 1.54) is 17.0 Å². The fraction of sp³-hybridized carbons (Fsp3) is 0.357. The van der Waals surface area contributed by atoms with Crippen LogP contribution < -0.4 is 5.32 Å². The van der Waals surface area contributed by atoms with E-state index in [0.29, 0.717) is 28.4 Å². The molecule has 1 fully saturated rings. The minimum absolute atomic E-state index is 0.194. The normalized spacial score (nSPS) is 21.5. The molecule has 0 aliphatic carbocycles. The van der Waals surface area contributed by atoms with Gasteiger partial charge in [0.1, 0.15) is 11.9 Å². The number of rotatable bonds is 2. The van der Waals surface area contributed by atoms with Gasteiger partial charge in [-0.15, -0.1) is 0 Å². The summed E-state index contributed by atoms with van der Waals surface area (Å²) >= 11 is 3.18. The molecule has 0 saturated carbocycles. The number of benzene rings is 1. The van der Waals surface area contributed by atoms with Gasteiger partial charge >= 0.3 is 0 Å². The zero-order valence-corrected chi connectivity index (χ0v) is 12.6. The van der Waals surface area contributed by atoms with E-state index < -0.39 is 11.9 Å². The molecule has 0 spiro atoms. The summed E-state index contributed by atoms with van der Waals surface area (Å²) in [5, 5.41) is 2.55. The predicted molar refractivity (Wildman–Crippen MR) is 75.1 cm³/mol. The second kappa shape index (κ2) is 5.22. The Labute approximate surface area is 128 Å². The molecular weight excluding hydrogens is 343 g/mol. The minimum Gasteiger partial charge on any atom is -0.322 e. The van der Waals surface area contributed by atoms with Gasteiger partial charge in [-0.3, -0.25) is 19.7 Å². The molecule has 1 atom stereocenters. The lowest BCUT2D eigenvalue weighted by atomic mass is 10.0. The Hall–Kier alpha value is -1.76. The number of nitrogens with zero attached hydrogens (tertiary/aromatic N) is 1. The van der Waals surface area contributed by atoms with Crippen molar-refractivity contribution in [1.82, 2.24) is 10.2 Å². The van der Waals surface area contributed by atoms with Crippen molar-refractivity contribution in [3.63, 3.8) is 0 Å². The highest BCUT2D eigenvalue weighted by atomic mass is 79.9. The standard InChI is InChI=1S/C14H12BrFN2O3/c15-5-7-3-9-8(4-10(7)16)6-18(14(9)21)11-1-2-12(19)17-13(11)20/h3-4,11H,1-2,5-6H2,(H,17,19,20). The van der Waals surface area contributed by atoms with Crippen molar-refractivity contribution in [3.8, 4) is 0 Å². The van der Waals surface area contributed by atoms with Gasteiger partial charge in [-0.05, 0) is 29.7 Å². The van der Waals surface area contributed by atoms with E-state index in [4.69, 9.17) is 0 Å². The highest BCUT2D eigenvalue weighted by molar-refractivity contribution is 9.08. The fourth-order valence-corrected chi connectivity index (χ4v) is 3.16. The number of nitrogens with one attached hydrogen (secondary N) is 1. The quantitative estimate of drug-likeness (QED) is 0.646. The van der Waals surface area contributed by atoms with Crippen LogP contribution in [0.15, 0.2) is 12.1 Å². The lowest BCUT2D eigenvalue weighted by molar-refractivity contribution is -0.136. The van der Waals surface area contributed by atoms with E-state index >= 15 is 0 Å². The van der Waals surface area contributed by atoms with Gasteiger partial charge in [-0.1, -0.05) is 15.9 Å². The van der Waals surface area contributed by atoms with Crippen LogP contribution in [0.2, 0.25) is 0 Å². The first-order chi connectivity index (χ1) is 10.0. The van der Waals surface area contributed by atoms with Crippen LogP contribution in [0.5, 0.6) is 0 Å². The molecule has 5 nitrogen and oxygen atoms in total. The van der Waals surface area contributed by atoms with Gasteiger partial charge in [0.15, 0.2) is 0 Å². The molecule has 3 amide bonds. The molecule has 1 aromatic carbocycles. The van der Waals surface area contributed by atoms with Crippen LogP contribution in [0.25, 0.3) is 0 Å². The number of piperidine rings is 1. The number of imide groups is 1. The summed E-state index contributed by atoms with van der Waals surface area (Å²) in [6.07, 6.45) is 0.510. The summed E-state index contributed by atoms with van der Waals surface area (Å²) in [6, 6.07) is 2.20. The van der Waals surface area contributed by atoms with Crippen LogP contribution >= 0.6 is 15.9 Å². The molecule has 0 aromatic heterocycles. The van der Waals surface area contributed by atoms with Crippen LogP contribution in [0, 0.1) is 5.82 Å². The van der Waals surface area contributed by atoms with E-state index in [1.807, 2.05) is 0 Å². The van der Waals surface area contributed by atoms with Crippen molar-refractivity contribution < 1.29 is 18.8 Å². The number of halogens is 2. The Balaban J connectivity index is 1.90. The lowest BCUT2D eigenvalue weighted by Crippen LogP contribution is -2.52. The van der Waals surface area contributed by atoms with Gasteiger partial charge in [-0.2, -0.15) is 0 Å². The van der Waals surface area contributed by atoms with Crippen molar-refractivity contribution in [2.24, 2.45) is 0 Å². The van der Waals surface area contributed by atoms with Crippen molar-refractivity contribution in [3.05, 3.63) is 34.6 Å². The average molecular weight is 355 g/mol. The molecule has 0 radical (unpaired) electrons. The van der Waals surface area contributed by atoms with Crippen molar-refractivity contribution >= 4 is 33.7 Å². The molecule has 3 rings (SSSR count). The molecule has 1 unspecified atom stereocenters. The van der Waals surface area contributed by atoms with Gasteiger partial charge < -0.3 is 4.90 Å². The number of alkyl halides is 1. The first-order valence-electron chi connectivity index (χ1n) is 6.53. The third kappa shape index (κ3) is 2.35. The van der Waals surface area contributed by atoms with E-state index in [2.05, 4.69) is 21.2 Å². The second-order valence-electron chi connectivity index (χ2n) is 5.13. The van der Waals surface area contributed by atoms with E-state index in [0.717, 1.165) is 0 Å². The molecule has 2 aliphatic heterocycles. The Morgan fingerprint density at radius 1 is 1.33 bits per heavy atom. The number of carbonyl (C=O) groups is 3. The Kier molecular flexibility index (Phi) is 3.52. The maximum atomic E-state index is 13.8. The van der Waals surface area contributed by atoms with E-state index in [1.54, 1.807) is 0 Å². The summed E-state index contributed by atoms with van der Waals surface area (Å²) < 4.78 is 13.8. The summed E-state index contributed by atoms with van der Waals surface area (Å²) in [6.45, 7) is 0.194. The predicted octanol–water partition coefficient (Wildman–Crippen LogP) is 1.48. The largest absolute Gasteiger partial charge is 0.322 e. The SMILES string of the molecule is O=C1CCC(N2Cc3cc(F)c(CBr)cc3C2=O)C(=O)N1. The van der Waals surface area contributed by atoms with Gasteiger partial charge in [-0.25, -0.2) is 4.39 Å². The fourth-order valence-electron chi connectivity index (χ4n) is 2.73. The zero-order chi connectivity index (χ0) is 15.1. The maximum Gasteiger partial charge on any atom is 0.255 e. The molecule has 0 bridgehead atoms. The Morgan fingerprint density at radius 2 is 2.10 bits per heavy atom. The monoisotopic (exact) mass is 354 g/mol. The summed E-state index contributed by atoms with van der Waals surface area (Å²) in [7, 11) is 0. The minimum atomic E-state index is -0.668. The smallest absolute Gasteiger partial charge is 0.255 e. The molecule has 2 heterocycles. The first kappa shape index (κ1) is 14.2. The van der Waals surface area contributed by atoms with Gasteiger partial charge in [0.25, 0.3) is 5.91 Å².